The molecule has 1 aromatic carbocycles. The van der Waals surface area contributed by atoms with Gasteiger partial charge in [-0.25, -0.2) is 14.2 Å². The van der Waals surface area contributed by atoms with Gasteiger partial charge in [0.25, 0.3) is 0 Å². The van der Waals surface area contributed by atoms with Crippen molar-refractivity contribution in [3.63, 3.8) is 0 Å². The Morgan fingerprint density at radius 3 is 2.75 bits per heavy atom. The minimum Gasteiger partial charge on any atom is -0.394 e. The number of hydrogen-bond donors (Lipinski definition) is 3. The zero-order valence-electron chi connectivity index (χ0n) is 18.3. The van der Waals surface area contributed by atoms with Crippen molar-refractivity contribution in [1.29, 1.82) is 0 Å². The van der Waals surface area contributed by atoms with E-state index in [1.807, 2.05) is 6.07 Å². The number of carbonyl (C=O) groups is 1. The molecule has 1 aliphatic heterocycles. The number of nitrogens with zero attached hydrogens (tertiary/aromatic N) is 3. The molecule has 2 aromatic heterocycles. The number of fused-ring (bicyclic) bond motifs is 1. The van der Waals surface area contributed by atoms with Crippen LogP contribution in [0.15, 0.2) is 34.9 Å². The Morgan fingerprint density at radius 1 is 1.34 bits per heavy atom. The number of amides is 2. The first kappa shape index (κ1) is 22.2. The van der Waals surface area contributed by atoms with Gasteiger partial charge < -0.3 is 19.8 Å². The van der Waals surface area contributed by atoms with Crippen molar-refractivity contribution in [3.8, 4) is 11.3 Å². The van der Waals surface area contributed by atoms with Crippen LogP contribution in [0.4, 0.5) is 20.1 Å². The van der Waals surface area contributed by atoms with E-state index < -0.39 is 11.6 Å². The molecule has 170 valence electrons. The summed E-state index contributed by atoms with van der Waals surface area (Å²) in [7, 11) is 0. The highest BCUT2D eigenvalue weighted by Crippen LogP contribution is 2.41. The highest BCUT2D eigenvalue weighted by molar-refractivity contribution is 7.16. The summed E-state index contributed by atoms with van der Waals surface area (Å²) in [5.41, 5.74) is 0.976. The normalized spacial score (nSPS) is 18.4. The van der Waals surface area contributed by atoms with Gasteiger partial charge in [0.1, 0.15) is 5.82 Å². The predicted molar refractivity (Wildman–Crippen MR) is 121 cm³/mol. The Balaban J connectivity index is 1.53. The Hall–Kier alpha value is -2.98. The number of anilines is 2. The Kier molecular flexibility index (Phi) is 5.91. The van der Waals surface area contributed by atoms with Gasteiger partial charge in [0.15, 0.2) is 16.7 Å². The second kappa shape index (κ2) is 8.51. The van der Waals surface area contributed by atoms with Gasteiger partial charge in [-0.05, 0) is 52.0 Å². The molecular formula is C22H26FN5O3S. The topological polar surface area (TPSA) is 104 Å². The van der Waals surface area contributed by atoms with Crippen LogP contribution in [0.5, 0.6) is 0 Å². The fourth-order valence-corrected chi connectivity index (χ4v) is 4.85. The number of benzene rings is 1. The van der Waals surface area contributed by atoms with E-state index in [2.05, 4.69) is 39.5 Å². The van der Waals surface area contributed by atoms with Gasteiger partial charge >= 0.3 is 6.03 Å². The number of halogens is 1. The molecule has 4 rings (SSSR count). The summed E-state index contributed by atoms with van der Waals surface area (Å²) in [6.07, 6.45) is 0.695. The molecule has 10 heteroatoms. The molecule has 2 atom stereocenters. The number of urea groups is 1. The number of aliphatic hydroxyl groups excluding tert-OH is 1. The van der Waals surface area contributed by atoms with E-state index in [1.54, 1.807) is 26.0 Å². The van der Waals surface area contributed by atoms with E-state index in [0.29, 0.717) is 23.1 Å². The van der Waals surface area contributed by atoms with E-state index in [4.69, 9.17) is 4.52 Å². The van der Waals surface area contributed by atoms with Gasteiger partial charge in [-0.15, -0.1) is 0 Å². The quantitative estimate of drug-likeness (QED) is 0.524. The molecule has 0 bridgehead atoms. The third-order valence-corrected chi connectivity index (χ3v) is 6.63. The van der Waals surface area contributed by atoms with Crippen molar-refractivity contribution in [2.75, 3.05) is 16.8 Å². The Morgan fingerprint density at radius 2 is 2.06 bits per heavy atom. The average Bonchev–Trinajstić information content (AvgIpc) is 3.35. The molecule has 8 nitrogen and oxygen atoms in total. The molecule has 1 aliphatic rings. The fraction of sp³-hybridized carbons (Fsp3) is 0.409. The summed E-state index contributed by atoms with van der Waals surface area (Å²) in [5, 5.41) is 19.6. The van der Waals surface area contributed by atoms with E-state index in [0.717, 1.165) is 16.1 Å². The molecule has 0 fully saturated rings. The van der Waals surface area contributed by atoms with Crippen molar-refractivity contribution in [2.24, 2.45) is 0 Å². The molecule has 0 aliphatic carbocycles. The van der Waals surface area contributed by atoms with E-state index in [1.165, 1.54) is 23.5 Å². The summed E-state index contributed by atoms with van der Waals surface area (Å²) < 4.78 is 18.8. The lowest BCUT2D eigenvalue weighted by Gasteiger charge is -2.37. The van der Waals surface area contributed by atoms with Crippen LogP contribution in [-0.4, -0.2) is 39.5 Å². The van der Waals surface area contributed by atoms with Crippen molar-refractivity contribution in [1.82, 2.24) is 15.5 Å². The first-order valence-corrected chi connectivity index (χ1v) is 11.2. The zero-order valence-corrected chi connectivity index (χ0v) is 19.2. The number of aliphatic hydroxyl groups is 1. The molecule has 0 unspecified atom stereocenters. The third kappa shape index (κ3) is 4.46. The average molecular weight is 460 g/mol. The number of hydrogen-bond acceptors (Lipinski definition) is 7. The lowest BCUT2D eigenvalue weighted by molar-refractivity contribution is 0.187. The van der Waals surface area contributed by atoms with Crippen molar-refractivity contribution in [3.05, 3.63) is 46.7 Å². The van der Waals surface area contributed by atoms with Gasteiger partial charge in [-0.3, -0.25) is 5.32 Å². The second-order valence-corrected chi connectivity index (χ2v) is 9.67. The van der Waals surface area contributed by atoms with E-state index >= 15 is 0 Å². The smallest absolute Gasteiger partial charge is 0.321 e. The van der Waals surface area contributed by atoms with Gasteiger partial charge in [0.05, 0.1) is 28.8 Å². The number of thiazole rings is 1. The second-order valence-electron chi connectivity index (χ2n) is 8.64. The largest absolute Gasteiger partial charge is 0.394 e. The van der Waals surface area contributed by atoms with Crippen LogP contribution in [0, 0.1) is 5.82 Å². The highest BCUT2D eigenvalue weighted by Gasteiger charge is 2.34. The summed E-state index contributed by atoms with van der Waals surface area (Å²) in [6, 6.07) is 7.63. The van der Waals surface area contributed by atoms with Crippen LogP contribution in [0.25, 0.3) is 11.3 Å². The molecule has 0 saturated heterocycles. The monoisotopic (exact) mass is 459 g/mol. The molecule has 3 aromatic rings. The van der Waals surface area contributed by atoms with Crippen molar-refractivity contribution < 1.29 is 18.8 Å². The number of carbonyl (C=O) groups excluding carboxylic acids is 1. The first-order valence-electron chi connectivity index (χ1n) is 10.4. The summed E-state index contributed by atoms with van der Waals surface area (Å²) in [4.78, 5) is 20.1. The van der Waals surface area contributed by atoms with Gasteiger partial charge in [0.2, 0.25) is 0 Å². The maximum Gasteiger partial charge on any atom is 0.321 e. The molecule has 0 spiro atoms. The summed E-state index contributed by atoms with van der Waals surface area (Å²) in [5.74, 6) is 0.961. The third-order valence-electron chi connectivity index (χ3n) is 5.45. The Bertz CT molecular complexity index is 1110. The SMILES string of the molecule is C[C@@H]1Cc2nc(NC(=O)NC(C)(C)CO)sc2[C@H](C)N1c1cc(-c2ccc(F)cc2)on1. The van der Waals surface area contributed by atoms with Crippen LogP contribution >= 0.6 is 11.3 Å². The molecule has 0 radical (unpaired) electrons. The standard InChI is InChI=1S/C22H26FN5O3S/c1-12-9-16-19(32-21(24-16)25-20(30)26-22(3,4)11-29)13(2)28(12)18-10-17(31-27-18)14-5-7-15(23)8-6-14/h5-8,10,12-13,29H,9,11H2,1-4H3,(H2,24,25,26,30)/t12-,13+/m1/s1. The van der Waals surface area contributed by atoms with Crippen molar-refractivity contribution >= 4 is 28.3 Å². The number of nitrogens with one attached hydrogen (secondary N) is 2. The van der Waals surface area contributed by atoms with E-state index in [-0.39, 0.29) is 24.5 Å². The zero-order chi connectivity index (χ0) is 23.0. The Labute approximate surface area is 189 Å². The van der Waals surface area contributed by atoms with Gasteiger partial charge in [0, 0.05) is 24.1 Å². The molecule has 0 saturated carbocycles. The molecule has 3 N–H and O–H groups in total. The molecule has 2 amide bonds. The minimum absolute atomic E-state index is 0.0232. The number of aromatic nitrogens is 2. The highest BCUT2D eigenvalue weighted by atomic mass is 32.1. The lowest BCUT2D eigenvalue weighted by Crippen LogP contribution is -2.48. The predicted octanol–water partition coefficient (Wildman–Crippen LogP) is 4.34. The minimum atomic E-state index is -0.727. The van der Waals surface area contributed by atoms with Crippen LogP contribution in [0.3, 0.4) is 0 Å². The summed E-state index contributed by atoms with van der Waals surface area (Å²) >= 11 is 1.42. The summed E-state index contributed by atoms with van der Waals surface area (Å²) in [6.45, 7) is 7.46. The maximum absolute atomic E-state index is 13.2. The molecule has 3 heterocycles. The van der Waals surface area contributed by atoms with Crippen LogP contribution in [-0.2, 0) is 6.42 Å². The number of rotatable bonds is 5. The van der Waals surface area contributed by atoms with Gasteiger partial charge in [-0.1, -0.05) is 16.5 Å². The van der Waals surface area contributed by atoms with Crippen LogP contribution in [0.1, 0.15) is 44.3 Å². The maximum atomic E-state index is 13.2. The fourth-order valence-electron chi connectivity index (χ4n) is 3.81. The molecular weight excluding hydrogens is 433 g/mol. The van der Waals surface area contributed by atoms with E-state index in [9.17, 15) is 14.3 Å². The van der Waals surface area contributed by atoms with Gasteiger partial charge in [-0.2, -0.15) is 0 Å². The lowest BCUT2D eigenvalue weighted by atomic mass is 10.00. The molecule has 32 heavy (non-hydrogen) atoms. The van der Waals surface area contributed by atoms with Crippen LogP contribution < -0.4 is 15.5 Å². The van der Waals surface area contributed by atoms with Crippen LogP contribution in [0.2, 0.25) is 0 Å². The first-order chi connectivity index (χ1) is 15.2. The van der Waals surface area contributed by atoms with Crippen molar-refractivity contribution in [2.45, 2.75) is 51.7 Å².